The fourth-order valence-corrected chi connectivity index (χ4v) is 3.70. The second-order valence-electron chi connectivity index (χ2n) is 9.15. The molecule has 6 unspecified atom stereocenters. The molecule has 0 saturated heterocycles. The first-order valence-electron chi connectivity index (χ1n) is 12.1. The van der Waals surface area contributed by atoms with Crippen molar-refractivity contribution in [1.82, 2.24) is 0 Å². The van der Waals surface area contributed by atoms with E-state index in [1.54, 1.807) is 6.08 Å². The van der Waals surface area contributed by atoms with Gasteiger partial charge in [0.15, 0.2) is 0 Å². The highest BCUT2D eigenvalue weighted by molar-refractivity contribution is 5.85. The van der Waals surface area contributed by atoms with Gasteiger partial charge in [-0.2, -0.15) is 0 Å². The summed E-state index contributed by atoms with van der Waals surface area (Å²) < 4.78 is 5.27. The number of carbonyl (C=O) groups excluding carboxylic acids is 3. The van der Waals surface area contributed by atoms with Crippen LogP contribution in [-0.4, -0.2) is 35.9 Å². The van der Waals surface area contributed by atoms with Gasteiger partial charge in [0.1, 0.15) is 18.2 Å². The minimum Gasteiger partial charge on any atom is -0.454 e. The highest BCUT2D eigenvalue weighted by Gasteiger charge is 2.22. The first-order valence-corrected chi connectivity index (χ1v) is 12.1. The fraction of sp³-hybridized carbons (Fsp3) is 0.483. The van der Waals surface area contributed by atoms with E-state index < -0.39 is 5.92 Å². The lowest BCUT2D eigenvalue weighted by molar-refractivity contribution is -0.143. The SMILES string of the molecule is CC(/C=C/C=C/C1OC(=O)C=CC1C)C/C=C/C=C/C(CO)C(=O)C(C)CC(C)C/C=C/C=O. The maximum Gasteiger partial charge on any atom is 0.331 e. The Morgan fingerprint density at radius 2 is 1.76 bits per heavy atom. The molecule has 5 heteroatoms. The topological polar surface area (TPSA) is 80.7 Å². The molecule has 0 aromatic carbocycles. The van der Waals surface area contributed by atoms with Crippen molar-refractivity contribution < 1.29 is 24.2 Å². The molecule has 34 heavy (non-hydrogen) atoms. The summed E-state index contributed by atoms with van der Waals surface area (Å²) in [6, 6.07) is 0. The molecule has 5 nitrogen and oxygen atoms in total. The Hall–Kier alpha value is -2.79. The van der Waals surface area contributed by atoms with E-state index in [1.807, 2.05) is 62.5 Å². The van der Waals surface area contributed by atoms with Crippen molar-refractivity contribution in [3.05, 3.63) is 72.9 Å². The van der Waals surface area contributed by atoms with E-state index >= 15 is 0 Å². The highest BCUT2D eigenvalue weighted by Crippen LogP contribution is 2.20. The van der Waals surface area contributed by atoms with E-state index in [9.17, 15) is 19.5 Å². The van der Waals surface area contributed by atoms with Crippen LogP contribution < -0.4 is 0 Å². The number of carbonyl (C=O) groups is 3. The first kappa shape index (κ1) is 29.2. The van der Waals surface area contributed by atoms with Crippen molar-refractivity contribution in [2.75, 3.05) is 6.61 Å². The van der Waals surface area contributed by atoms with Gasteiger partial charge in [-0.15, -0.1) is 0 Å². The number of ether oxygens (including phenoxy) is 1. The van der Waals surface area contributed by atoms with E-state index in [1.165, 1.54) is 12.2 Å². The third-order valence-corrected chi connectivity index (χ3v) is 5.81. The number of rotatable bonds is 15. The van der Waals surface area contributed by atoms with E-state index in [0.29, 0.717) is 11.8 Å². The minimum atomic E-state index is -0.508. The fourth-order valence-electron chi connectivity index (χ4n) is 3.70. The number of aldehydes is 1. The maximum absolute atomic E-state index is 12.7. The van der Waals surface area contributed by atoms with Crippen molar-refractivity contribution in [1.29, 1.82) is 0 Å². The molecule has 0 amide bonds. The Kier molecular flexibility index (Phi) is 14.4. The van der Waals surface area contributed by atoms with Gasteiger partial charge in [-0.05, 0) is 43.3 Å². The Bertz CT molecular complexity index is 814. The van der Waals surface area contributed by atoms with Crippen molar-refractivity contribution in [2.24, 2.45) is 29.6 Å². The molecule has 0 aliphatic carbocycles. The lowest BCUT2D eigenvalue weighted by atomic mass is 9.86. The molecule has 0 saturated carbocycles. The van der Waals surface area contributed by atoms with Crippen LogP contribution in [0.1, 0.15) is 47.0 Å². The van der Waals surface area contributed by atoms with E-state index in [4.69, 9.17) is 4.74 Å². The minimum absolute atomic E-state index is 0.0370. The first-order chi connectivity index (χ1) is 16.3. The second kappa shape index (κ2) is 16.8. The van der Waals surface area contributed by atoms with Gasteiger partial charge < -0.3 is 9.84 Å². The molecule has 1 heterocycles. The number of aliphatic hydroxyl groups excluding tert-OH is 1. The van der Waals surface area contributed by atoms with Crippen LogP contribution in [0.3, 0.4) is 0 Å². The number of esters is 1. The molecule has 1 rings (SSSR count). The Balaban J connectivity index is 2.43. The van der Waals surface area contributed by atoms with E-state index in [-0.39, 0.29) is 36.3 Å². The number of ketones is 1. The Morgan fingerprint density at radius 3 is 2.47 bits per heavy atom. The molecule has 1 aliphatic heterocycles. The van der Waals surface area contributed by atoms with E-state index in [2.05, 4.69) is 19.9 Å². The molecule has 1 aliphatic rings. The van der Waals surface area contributed by atoms with Gasteiger partial charge in [0.05, 0.1) is 12.5 Å². The van der Waals surface area contributed by atoms with Crippen LogP contribution in [0.15, 0.2) is 72.9 Å². The molecule has 1 N–H and O–H groups in total. The zero-order valence-corrected chi connectivity index (χ0v) is 20.9. The maximum atomic E-state index is 12.7. The number of hydrogen-bond donors (Lipinski definition) is 1. The van der Waals surface area contributed by atoms with Crippen molar-refractivity contribution >= 4 is 18.0 Å². The van der Waals surface area contributed by atoms with Gasteiger partial charge in [0.25, 0.3) is 0 Å². The molecular formula is C29H40O5. The number of aliphatic hydroxyl groups is 1. The van der Waals surface area contributed by atoms with Crippen LogP contribution >= 0.6 is 0 Å². The van der Waals surface area contributed by atoms with Gasteiger partial charge >= 0.3 is 5.97 Å². The normalized spacial score (nSPS) is 22.7. The van der Waals surface area contributed by atoms with Gasteiger partial charge in [-0.1, -0.05) is 82.4 Å². The zero-order chi connectivity index (χ0) is 25.3. The number of hydrogen-bond acceptors (Lipinski definition) is 5. The number of allylic oxidation sites excluding steroid dienone is 8. The lowest BCUT2D eigenvalue weighted by Crippen LogP contribution is -2.25. The summed E-state index contributed by atoms with van der Waals surface area (Å²) in [5.41, 5.74) is 0. The predicted octanol–water partition coefficient (Wildman–Crippen LogP) is 5.34. The van der Waals surface area contributed by atoms with Crippen LogP contribution in [0.5, 0.6) is 0 Å². The zero-order valence-electron chi connectivity index (χ0n) is 20.9. The largest absolute Gasteiger partial charge is 0.454 e. The molecule has 186 valence electrons. The molecule has 0 bridgehead atoms. The van der Waals surface area contributed by atoms with Gasteiger partial charge in [-0.3, -0.25) is 9.59 Å². The predicted molar refractivity (Wildman–Crippen MR) is 137 cm³/mol. The second-order valence-corrected chi connectivity index (χ2v) is 9.15. The third-order valence-electron chi connectivity index (χ3n) is 5.81. The van der Waals surface area contributed by atoms with Gasteiger partial charge in [-0.25, -0.2) is 4.79 Å². The summed E-state index contributed by atoms with van der Waals surface area (Å²) in [6.45, 7) is 7.86. The molecular weight excluding hydrogens is 428 g/mol. The van der Waals surface area contributed by atoms with Crippen LogP contribution in [0, 0.1) is 29.6 Å². The number of cyclic esters (lactones) is 1. The quantitative estimate of drug-likeness (QED) is 0.152. The van der Waals surface area contributed by atoms with Crippen molar-refractivity contribution in [2.45, 2.75) is 53.1 Å². The Labute approximate surface area is 204 Å². The number of Topliss-reactive ketones (excluding diaryl/α,β-unsaturated/α-hetero) is 1. The van der Waals surface area contributed by atoms with Crippen LogP contribution in [0.4, 0.5) is 0 Å². The molecule has 6 atom stereocenters. The van der Waals surface area contributed by atoms with Crippen LogP contribution in [-0.2, 0) is 19.1 Å². The Morgan fingerprint density at radius 1 is 1.06 bits per heavy atom. The third kappa shape index (κ3) is 11.9. The standard InChI is InChI=1S/C29H40O5/c1-22(13-8-9-16-27-24(3)17-18-28(32)34-27)12-6-5-7-15-26(21-31)29(33)25(4)20-23(2)14-10-11-19-30/h5-11,13,15-19,22-27,31H,12,14,20-21H2,1-4H3/b6-5+,11-10+,13-8+,15-7+,16-9+. The summed E-state index contributed by atoms with van der Waals surface area (Å²) in [4.78, 5) is 34.3. The molecule has 0 spiro atoms. The average molecular weight is 469 g/mol. The monoisotopic (exact) mass is 468 g/mol. The molecule has 0 aromatic heterocycles. The van der Waals surface area contributed by atoms with E-state index in [0.717, 1.165) is 25.5 Å². The van der Waals surface area contributed by atoms with Crippen LogP contribution in [0.25, 0.3) is 0 Å². The summed E-state index contributed by atoms with van der Waals surface area (Å²) in [6.07, 6.45) is 24.8. The molecule has 0 fully saturated rings. The van der Waals surface area contributed by atoms with Crippen molar-refractivity contribution in [3.8, 4) is 0 Å². The molecule has 0 radical (unpaired) electrons. The highest BCUT2D eigenvalue weighted by atomic mass is 16.5. The van der Waals surface area contributed by atoms with Crippen LogP contribution in [0.2, 0.25) is 0 Å². The van der Waals surface area contributed by atoms with Gasteiger partial charge in [0, 0.05) is 17.9 Å². The summed E-state index contributed by atoms with van der Waals surface area (Å²) in [5.74, 6) is -0.145. The van der Waals surface area contributed by atoms with Gasteiger partial charge in [0.2, 0.25) is 0 Å². The smallest absolute Gasteiger partial charge is 0.331 e. The summed E-state index contributed by atoms with van der Waals surface area (Å²) >= 11 is 0. The average Bonchev–Trinajstić information content (AvgIpc) is 2.81. The van der Waals surface area contributed by atoms with Crippen molar-refractivity contribution in [3.63, 3.8) is 0 Å². The lowest BCUT2D eigenvalue weighted by Gasteiger charge is -2.21. The summed E-state index contributed by atoms with van der Waals surface area (Å²) in [7, 11) is 0. The molecule has 0 aromatic rings. The summed E-state index contributed by atoms with van der Waals surface area (Å²) in [5, 5.41) is 9.65.